The summed E-state index contributed by atoms with van der Waals surface area (Å²) in [7, 11) is 0. The van der Waals surface area contributed by atoms with Crippen molar-refractivity contribution in [1.29, 1.82) is 0 Å². The fourth-order valence-corrected chi connectivity index (χ4v) is 3.34. The first kappa shape index (κ1) is 13.1. The van der Waals surface area contributed by atoms with E-state index < -0.39 is 0 Å². The number of fused-ring (bicyclic) bond motifs is 1. The Morgan fingerprint density at radius 2 is 2.00 bits per heavy atom. The van der Waals surface area contributed by atoms with Crippen molar-refractivity contribution in [3.05, 3.63) is 34.9 Å². The maximum Gasteiger partial charge on any atom is 0.0619 e. The van der Waals surface area contributed by atoms with Gasteiger partial charge < -0.3 is 10.1 Å². The first-order valence-electron chi connectivity index (χ1n) is 7.78. The molecule has 3 rings (SSSR count). The molecule has 104 valence electrons. The molecule has 0 aromatic heterocycles. The van der Waals surface area contributed by atoms with Gasteiger partial charge in [0.15, 0.2) is 0 Å². The van der Waals surface area contributed by atoms with E-state index in [1.165, 1.54) is 44.1 Å². The highest BCUT2D eigenvalue weighted by Crippen LogP contribution is 2.25. The van der Waals surface area contributed by atoms with Crippen LogP contribution in [0.25, 0.3) is 0 Å². The maximum absolute atomic E-state index is 5.55. The first-order valence-corrected chi connectivity index (χ1v) is 7.78. The molecule has 1 heterocycles. The SMILES string of the molecule is CC(NC1CCCOC1)c1ccc2c(c1)CCCC2. The minimum absolute atomic E-state index is 0.430. The minimum Gasteiger partial charge on any atom is -0.380 e. The standard InChI is InChI=1S/C17H25NO/c1-13(18-17-7-4-10-19-12-17)15-9-8-14-5-2-3-6-16(14)11-15/h8-9,11,13,17-18H,2-7,10,12H2,1H3. The molecule has 19 heavy (non-hydrogen) atoms. The Kier molecular flexibility index (Phi) is 4.19. The van der Waals surface area contributed by atoms with Gasteiger partial charge in [-0.15, -0.1) is 0 Å². The summed E-state index contributed by atoms with van der Waals surface area (Å²) in [6.07, 6.45) is 7.69. The van der Waals surface area contributed by atoms with E-state index in [4.69, 9.17) is 4.74 Å². The van der Waals surface area contributed by atoms with Gasteiger partial charge in [-0.2, -0.15) is 0 Å². The lowest BCUT2D eigenvalue weighted by Gasteiger charge is -2.27. The van der Waals surface area contributed by atoms with Gasteiger partial charge in [0.1, 0.15) is 0 Å². The van der Waals surface area contributed by atoms with Crippen molar-refractivity contribution < 1.29 is 4.74 Å². The molecule has 1 aromatic carbocycles. The van der Waals surface area contributed by atoms with Crippen LogP contribution in [0.2, 0.25) is 0 Å². The molecular weight excluding hydrogens is 234 g/mol. The smallest absolute Gasteiger partial charge is 0.0619 e. The van der Waals surface area contributed by atoms with Gasteiger partial charge in [0.05, 0.1) is 6.61 Å². The molecule has 1 aromatic rings. The lowest BCUT2D eigenvalue weighted by atomic mass is 9.89. The average Bonchev–Trinajstić information content (AvgIpc) is 2.48. The third-order valence-corrected chi connectivity index (χ3v) is 4.52. The zero-order valence-corrected chi connectivity index (χ0v) is 12.0. The third kappa shape index (κ3) is 3.18. The summed E-state index contributed by atoms with van der Waals surface area (Å²) >= 11 is 0. The second-order valence-corrected chi connectivity index (χ2v) is 6.04. The Hall–Kier alpha value is -0.860. The molecule has 2 atom stereocenters. The van der Waals surface area contributed by atoms with Gasteiger partial charge in [-0.25, -0.2) is 0 Å². The number of benzene rings is 1. The second kappa shape index (κ2) is 6.06. The summed E-state index contributed by atoms with van der Waals surface area (Å²) in [5.74, 6) is 0. The summed E-state index contributed by atoms with van der Waals surface area (Å²) in [5.41, 5.74) is 4.59. The van der Waals surface area contributed by atoms with E-state index in [0.717, 1.165) is 13.2 Å². The van der Waals surface area contributed by atoms with Crippen molar-refractivity contribution in [3.8, 4) is 0 Å². The predicted octanol–water partition coefficient (Wildman–Crippen LogP) is 3.40. The molecule has 1 fully saturated rings. The van der Waals surface area contributed by atoms with Crippen molar-refractivity contribution in [1.82, 2.24) is 5.32 Å². The Morgan fingerprint density at radius 3 is 2.79 bits per heavy atom. The lowest BCUT2D eigenvalue weighted by Crippen LogP contribution is -2.38. The van der Waals surface area contributed by atoms with Crippen molar-refractivity contribution in [2.45, 2.75) is 57.5 Å². The molecule has 1 aliphatic carbocycles. The highest BCUT2D eigenvalue weighted by atomic mass is 16.5. The highest BCUT2D eigenvalue weighted by molar-refractivity contribution is 5.35. The Labute approximate surface area is 116 Å². The average molecular weight is 259 g/mol. The molecule has 0 bridgehead atoms. The molecule has 0 spiro atoms. The van der Waals surface area contributed by atoms with Gasteiger partial charge in [-0.1, -0.05) is 18.2 Å². The fourth-order valence-electron chi connectivity index (χ4n) is 3.34. The summed E-state index contributed by atoms with van der Waals surface area (Å²) < 4.78 is 5.55. The normalized spacial score (nSPS) is 24.8. The molecular formula is C17H25NO. The van der Waals surface area contributed by atoms with Crippen LogP contribution in [-0.2, 0) is 17.6 Å². The lowest BCUT2D eigenvalue weighted by molar-refractivity contribution is 0.0671. The zero-order chi connectivity index (χ0) is 13.1. The largest absolute Gasteiger partial charge is 0.380 e. The van der Waals surface area contributed by atoms with E-state index in [1.807, 2.05) is 0 Å². The Balaban J connectivity index is 1.67. The summed E-state index contributed by atoms with van der Waals surface area (Å²) in [5, 5.41) is 3.72. The van der Waals surface area contributed by atoms with Crippen molar-refractivity contribution >= 4 is 0 Å². The monoisotopic (exact) mass is 259 g/mol. The van der Waals surface area contributed by atoms with Gasteiger partial charge in [0, 0.05) is 18.7 Å². The molecule has 0 radical (unpaired) electrons. The molecule has 1 N–H and O–H groups in total. The minimum atomic E-state index is 0.430. The van der Waals surface area contributed by atoms with Crippen LogP contribution < -0.4 is 5.32 Å². The molecule has 0 saturated carbocycles. The van der Waals surface area contributed by atoms with Crippen LogP contribution in [0.3, 0.4) is 0 Å². The maximum atomic E-state index is 5.55. The number of hydrogen-bond acceptors (Lipinski definition) is 2. The number of nitrogens with one attached hydrogen (secondary N) is 1. The zero-order valence-electron chi connectivity index (χ0n) is 12.0. The molecule has 2 unspecified atom stereocenters. The van der Waals surface area contributed by atoms with E-state index in [-0.39, 0.29) is 0 Å². The van der Waals surface area contributed by atoms with Gasteiger partial charge in [-0.3, -0.25) is 0 Å². The van der Waals surface area contributed by atoms with E-state index in [2.05, 4.69) is 30.4 Å². The molecule has 0 amide bonds. The highest BCUT2D eigenvalue weighted by Gasteiger charge is 2.18. The van der Waals surface area contributed by atoms with Crippen LogP contribution in [0, 0.1) is 0 Å². The van der Waals surface area contributed by atoms with Crippen molar-refractivity contribution in [3.63, 3.8) is 0 Å². The number of rotatable bonds is 3. The molecule has 2 aliphatic rings. The number of aryl methyl sites for hydroxylation is 2. The van der Waals surface area contributed by atoms with Crippen LogP contribution in [0.1, 0.15) is 55.3 Å². The van der Waals surface area contributed by atoms with Gasteiger partial charge in [0.2, 0.25) is 0 Å². The van der Waals surface area contributed by atoms with Crippen LogP contribution in [0.4, 0.5) is 0 Å². The van der Waals surface area contributed by atoms with Crippen LogP contribution in [0.5, 0.6) is 0 Å². The number of ether oxygens (including phenoxy) is 1. The third-order valence-electron chi connectivity index (χ3n) is 4.52. The summed E-state index contributed by atoms with van der Waals surface area (Å²) in [6.45, 7) is 4.08. The molecule has 2 heteroatoms. The van der Waals surface area contributed by atoms with E-state index in [0.29, 0.717) is 12.1 Å². The van der Waals surface area contributed by atoms with Crippen LogP contribution >= 0.6 is 0 Å². The van der Waals surface area contributed by atoms with Gasteiger partial charge in [-0.05, 0) is 62.1 Å². The molecule has 1 aliphatic heterocycles. The topological polar surface area (TPSA) is 21.3 Å². The van der Waals surface area contributed by atoms with Crippen LogP contribution in [-0.4, -0.2) is 19.3 Å². The second-order valence-electron chi connectivity index (χ2n) is 6.04. The number of hydrogen-bond donors (Lipinski definition) is 1. The van der Waals surface area contributed by atoms with Crippen LogP contribution in [0.15, 0.2) is 18.2 Å². The Morgan fingerprint density at radius 1 is 1.16 bits per heavy atom. The summed E-state index contributed by atoms with van der Waals surface area (Å²) in [6, 6.07) is 8.04. The van der Waals surface area contributed by atoms with Crippen molar-refractivity contribution in [2.24, 2.45) is 0 Å². The summed E-state index contributed by atoms with van der Waals surface area (Å²) in [4.78, 5) is 0. The van der Waals surface area contributed by atoms with Gasteiger partial charge in [0.25, 0.3) is 0 Å². The van der Waals surface area contributed by atoms with Gasteiger partial charge >= 0.3 is 0 Å². The molecule has 1 saturated heterocycles. The fraction of sp³-hybridized carbons (Fsp3) is 0.647. The van der Waals surface area contributed by atoms with E-state index in [9.17, 15) is 0 Å². The predicted molar refractivity (Wildman–Crippen MR) is 78.5 cm³/mol. The van der Waals surface area contributed by atoms with E-state index in [1.54, 1.807) is 11.1 Å². The first-order chi connectivity index (χ1) is 9.33. The van der Waals surface area contributed by atoms with E-state index >= 15 is 0 Å². The van der Waals surface area contributed by atoms with Crippen molar-refractivity contribution in [2.75, 3.05) is 13.2 Å². The molecule has 2 nitrogen and oxygen atoms in total. The quantitative estimate of drug-likeness (QED) is 0.898. The Bertz CT molecular complexity index is 423.